The van der Waals surface area contributed by atoms with Crippen LogP contribution in [-0.4, -0.2) is 48.1 Å². The number of piperidine rings is 1. The fourth-order valence-corrected chi connectivity index (χ4v) is 3.93. The minimum Gasteiger partial charge on any atom is -0.465 e. The number of aromatic nitrogens is 1. The highest BCUT2D eigenvalue weighted by Crippen LogP contribution is 2.32. The Morgan fingerprint density at radius 3 is 2.88 bits per heavy atom. The molecule has 2 saturated heterocycles. The van der Waals surface area contributed by atoms with Crippen molar-refractivity contribution in [2.75, 3.05) is 26.7 Å². The van der Waals surface area contributed by atoms with E-state index in [2.05, 4.69) is 16.3 Å². The van der Waals surface area contributed by atoms with Crippen LogP contribution in [-0.2, 0) is 16.6 Å². The molecule has 1 N–H and O–H groups in total. The Labute approximate surface area is 143 Å². The largest absolute Gasteiger partial charge is 0.465 e. The summed E-state index contributed by atoms with van der Waals surface area (Å²) in [4.78, 5) is 26.1. The summed E-state index contributed by atoms with van der Waals surface area (Å²) >= 11 is 0. The zero-order valence-corrected chi connectivity index (χ0v) is 14.6. The van der Waals surface area contributed by atoms with Crippen molar-refractivity contribution in [3.8, 4) is 0 Å². The van der Waals surface area contributed by atoms with Crippen molar-refractivity contribution < 1.29 is 14.3 Å². The van der Waals surface area contributed by atoms with E-state index in [1.54, 1.807) is 7.05 Å². The molecule has 0 radical (unpaired) electrons. The molecular formula is C18H27N3O3. The lowest BCUT2D eigenvalue weighted by Crippen LogP contribution is -2.36. The molecule has 1 aromatic rings. The molecule has 6 heteroatoms. The Morgan fingerprint density at radius 2 is 2.17 bits per heavy atom. The summed E-state index contributed by atoms with van der Waals surface area (Å²) in [7, 11) is 3.61. The van der Waals surface area contributed by atoms with Crippen LogP contribution in [0.4, 0.5) is 0 Å². The maximum absolute atomic E-state index is 12.0. The van der Waals surface area contributed by atoms with Gasteiger partial charge in [-0.25, -0.2) is 0 Å². The van der Waals surface area contributed by atoms with Gasteiger partial charge < -0.3 is 14.6 Å². The lowest BCUT2D eigenvalue weighted by atomic mass is 9.97. The van der Waals surface area contributed by atoms with E-state index in [-0.39, 0.29) is 17.8 Å². The maximum Gasteiger partial charge on any atom is 0.309 e. The van der Waals surface area contributed by atoms with Crippen LogP contribution in [0.25, 0.3) is 0 Å². The second-order valence-electron chi connectivity index (χ2n) is 6.77. The Bertz CT molecular complexity index is 611. The van der Waals surface area contributed by atoms with Gasteiger partial charge in [-0.3, -0.25) is 14.5 Å². The number of ether oxygens (including phenoxy) is 1. The summed E-state index contributed by atoms with van der Waals surface area (Å²) in [6, 6.07) is 4.28. The second-order valence-corrected chi connectivity index (χ2v) is 6.77. The predicted octanol–water partition coefficient (Wildman–Crippen LogP) is 1.86. The van der Waals surface area contributed by atoms with Gasteiger partial charge in [-0.15, -0.1) is 0 Å². The molecule has 1 aromatic heterocycles. The summed E-state index contributed by atoms with van der Waals surface area (Å²) < 4.78 is 7.08. The first-order valence-electron chi connectivity index (χ1n) is 8.90. The van der Waals surface area contributed by atoms with Crippen LogP contribution < -0.4 is 5.32 Å². The molecule has 1 amide bonds. The molecule has 3 heterocycles. The summed E-state index contributed by atoms with van der Waals surface area (Å²) in [6.07, 6.45) is 5.20. The number of carbonyl (C=O) groups excluding carboxylic acids is 2. The Kier molecular flexibility index (Phi) is 5.23. The monoisotopic (exact) mass is 333 g/mol. The third kappa shape index (κ3) is 3.34. The molecule has 2 aliphatic heterocycles. The number of nitrogens with one attached hydrogen (secondary N) is 1. The second kappa shape index (κ2) is 7.38. The Balaban J connectivity index is 1.71. The fourth-order valence-electron chi connectivity index (χ4n) is 3.93. The Morgan fingerprint density at radius 1 is 1.33 bits per heavy atom. The Hall–Kier alpha value is -1.82. The van der Waals surface area contributed by atoms with Gasteiger partial charge >= 0.3 is 5.97 Å². The summed E-state index contributed by atoms with van der Waals surface area (Å²) in [5.41, 5.74) is 1.87. The van der Waals surface area contributed by atoms with E-state index in [1.807, 2.05) is 17.7 Å². The van der Waals surface area contributed by atoms with Crippen molar-refractivity contribution >= 4 is 11.9 Å². The number of nitrogens with zero attached hydrogens (tertiary/aromatic N) is 2. The molecule has 3 rings (SSSR count). The van der Waals surface area contributed by atoms with E-state index in [1.165, 1.54) is 18.5 Å². The van der Waals surface area contributed by atoms with Gasteiger partial charge in [-0.1, -0.05) is 6.42 Å². The van der Waals surface area contributed by atoms with Crippen molar-refractivity contribution in [3.05, 3.63) is 23.5 Å². The number of amides is 1. The number of esters is 1. The van der Waals surface area contributed by atoms with Crippen LogP contribution in [0.5, 0.6) is 0 Å². The quantitative estimate of drug-likeness (QED) is 0.836. The van der Waals surface area contributed by atoms with E-state index < -0.39 is 0 Å². The highest BCUT2D eigenvalue weighted by molar-refractivity contribution is 5.92. The average Bonchev–Trinajstić information content (AvgIpc) is 3.18. The van der Waals surface area contributed by atoms with Gasteiger partial charge in [0, 0.05) is 19.8 Å². The number of hydrogen-bond acceptors (Lipinski definition) is 4. The van der Waals surface area contributed by atoms with E-state index >= 15 is 0 Å². The standard InChI is InChI=1S/C18H27N3O3/c1-19-17(22)16-7-6-14(20(16)2)15-5-3-4-10-21(15)11-8-13-9-12-24-18(13)23/h6-7,13,15H,3-5,8-12H2,1-2H3,(H,19,22). The predicted molar refractivity (Wildman–Crippen MR) is 90.7 cm³/mol. The van der Waals surface area contributed by atoms with E-state index in [0.717, 1.165) is 32.4 Å². The number of carbonyl (C=O) groups is 2. The molecule has 2 fully saturated rings. The van der Waals surface area contributed by atoms with Crippen molar-refractivity contribution in [1.82, 2.24) is 14.8 Å². The van der Waals surface area contributed by atoms with Gasteiger partial charge in [0.2, 0.25) is 0 Å². The van der Waals surface area contributed by atoms with Gasteiger partial charge in [0.1, 0.15) is 5.69 Å². The molecule has 0 bridgehead atoms. The molecule has 24 heavy (non-hydrogen) atoms. The topological polar surface area (TPSA) is 63.6 Å². The zero-order valence-electron chi connectivity index (χ0n) is 14.6. The van der Waals surface area contributed by atoms with Gasteiger partial charge in [-0.2, -0.15) is 0 Å². The molecule has 2 unspecified atom stereocenters. The fraction of sp³-hybridized carbons (Fsp3) is 0.667. The number of rotatable bonds is 5. The minimum absolute atomic E-state index is 0.0377. The van der Waals surface area contributed by atoms with Crippen LogP contribution in [0.2, 0.25) is 0 Å². The third-order valence-electron chi connectivity index (χ3n) is 5.38. The first kappa shape index (κ1) is 17.0. The molecular weight excluding hydrogens is 306 g/mol. The van der Waals surface area contributed by atoms with Gasteiger partial charge in [-0.05, 0) is 50.9 Å². The van der Waals surface area contributed by atoms with Crippen molar-refractivity contribution in [2.24, 2.45) is 13.0 Å². The minimum atomic E-state index is -0.0557. The van der Waals surface area contributed by atoms with E-state index in [4.69, 9.17) is 4.74 Å². The summed E-state index contributed by atoms with van der Waals surface area (Å²) in [6.45, 7) is 2.53. The molecule has 0 saturated carbocycles. The normalized spacial score (nSPS) is 24.8. The number of likely N-dealkylation sites (tertiary alicyclic amines) is 1. The van der Waals surface area contributed by atoms with E-state index in [0.29, 0.717) is 18.3 Å². The van der Waals surface area contributed by atoms with E-state index in [9.17, 15) is 9.59 Å². The lowest BCUT2D eigenvalue weighted by Gasteiger charge is -2.36. The molecule has 0 aliphatic carbocycles. The van der Waals surface area contributed by atoms with Gasteiger partial charge in [0.25, 0.3) is 5.91 Å². The first-order valence-corrected chi connectivity index (χ1v) is 8.90. The summed E-state index contributed by atoms with van der Waals surface area (Å²) in [5.74, 6) is -0.0356. The number of hydrogen-bond donors (Lipinski definition) is 1. The molecule has 0 spiro atoms. The van der Waals surface area contributed by atoms with Crippen LogP contribution in [0.15, 0.2) is 12.1 Å². The average molecular weight is 333 g/mol. The SMILES string of the molecule is CNC(=O)c1ccc(C2CCCCN2CCC2CCOC2=O)n1C. The highest BCUT2D eigenvalue weighted by atomic mass is 16.5. The van der Waals surface area contributed by atoms with Crippen molar-refractivity contribution in [1.29, 1.82) is 0 Å². The first-order chi connectivity index (χ1) is 11.6. The molecule has 2 atom stereocenters. The number of cyclic esters (lactones) is 1. The highest BCUT2D eigenvalue weighted by Gasteiger charge is 2.30. The molecule has 2 aliphatic rings. The zero-order chi connectivity index (χ0) is 17.1. The summed E-state index contributed by atoms with van der Waals surface area (Å²) in [5, 5.41) is 2.69. The molecule has 6 nitrogen and oxygen atoms in total. The smallest absolute Gasteiger partial charge is 0.309 e. The van der Waals surface area contributed by atoms with Crippen LogP contribution in [0, 0.1) is 5.92 Å². The van der Waals surface area contributed by atoms with Crippen molar-refractivity contribution in [2.45, 2.75) is 38.1 Å². The lowest BCUT2D eigenvalue weighted by molar-refractivity contribution is -0.141. The molecule has 132 valence electrons. The maximum atomic E-state index is 12.0. The van der Waals surface area contributed by atoms with Gasteiger partial charge in [0.15, 0.2) is 0 Å². The third-order valence-corrected chi connectivity index (χ3v) is 5.38. The molecule has 0 aromatic carbocycles. The van der Waals surface area contributed by atoms with Crippen LogP contribution in [0.3, 0.4) is 0 Å². The van der Waals surface area contributed by atoms with Gasteiger partial charge in [0.05, 0.1) is 18.6 Å². The van der Waals surface area contributed by atoms with Crippen molar-refractivity contribution in [3.63, 3.8) is 0 Å². The van der Waals surface area contributed by atoms with Crippen LogP contribution in [0.1, 0.15) is 54.3 Å². The van der Waals surface area contributed by atoms with Crippen LogP contribution >= 0.6 is 0 Å².